The first-order valence-corrected chi connectivity index (χ1v) is 7.90. The van der Waals surface area contributed by atoms with Gasteiger partial charge in [-0.3, -0.25) is 4.79 Å². The lowest BCUT2D eigenvalue weighted by atomic mass is 10.2. The number of hydrogen-bond acceptors (Lipinski definition) is 3. The molecule has 0 aliphatic carbocycles. The maximum absolute atomic E-state index is 11.9. The summed E-state index contributed by atoms with van der Waals surface area (Å²) in [5, 5.41) is 6.14. The fourth-order valence-corrected chi connectivity index (χ4v) is 2.19. The van der Waals surface area contributed by atoms with Crippen LogP contribution in [0.25, 0.3) is 0 Å². The number of benzene rings is 2. The maximum atomic E-state index is 11.9. The summed E-state index contributed by atoms with van der Waals surface area (Å²) in [6, 6.07) is 15.5. The highest BCUT2D eigenvalue weighted by Crippen LogP contribution is 2.17. The van der Waals surface area contributed by atoms with Gasteiger partial charge in [-0.1, -0.05) is 12.1 Å². The lowest BCUT2D eigenvalue weighted by molar-refractivity contribution is -0.115. The van der Waals surface area contributed by atoms with Crippen LogP contribution in [0.1, 0.15) is 25.8 Å². The molecule has 122 valence electrons. The zero-order valence-electron chi connectivity index (χ0n) is 13.9. The lowest BCUT2D eigenvalue weighted by Crippen LogP contribution is -2.16. The minimum Gasteiger partial charge on any atom is -0.491 e. The molecule has 0 heterocycles. The predicted octanol–water partition coefficient (Wildman–Crippen LogP) is 4.22. The van der Waals surface area contributed by atoms with E-state index in [-0.39, 0.29) is 12.0 Å². The summed E-state index contributed by atoms with van der Waals surface area (Å²) in [5.74, 6) is 0.793. The zero-order chi connectivity index (χ0) is 16.7. The van der Waals surface area contributed by atoms with Gasteiger partial charge in [0.2, 0.25) is 5.91 Å². The fourth-order valence-electron chi connectivity index (χ4n) is 2.19. The number of anilines is 2. The third-order valence-corrected chi connectivity index (χ3v) is 3.21. The van der Waals surface area contributed by atoms with Crippen molar-refractivity contribution in [1.29, 1.82) is 0 Å². The molecule has 1 amide bonds. The Balaban J connectivity index is 1.76. The molecular weight excluding hydrogens is 288 g/mol. The normalized spacial score (nSPS) is 10.4. The van der Waals surface area contributed by atoms with Crippen molar-refractivity contribution in [3.05, 3.63) is 54.1 Å². The highest BCUT2D eigenvalue weighted by molar-refractivity contribution is 5.91. The quantitative estimate of drug-likeness (QED) is 0.804. The number of ether oxygens (including phenoxy) is 1. The van der Waals surface area contributed by atoms with Gasteiger partial charge in [0, 0.05) is 24.3 Å². The van der Waals surface area contributed by atoms with Gasteiger partial charge in [-0.2, -0.15) is 0 Å². The fraction of sp³-hybridized carbons (Fsp3) is 0.316. The Morgan fingerprint density at radius 2 is 1.83 bits per heavy atom. The van der Waals surface area contributed by atoms with E-state index in [0.717, 1.165) is 17.1 Å². The molecule has 0 spiro atoms. The molecule has 0 fully saturated rings. The second-order valence-electron chi connectivity index (χ2n) is 5.79. The molecule has 4 heteroatoms. The van der Waals surface area contributed by atoms with Crippen molar-refractivity contribution >= 4 is 17.3 Å². The molecule has 2 rings (SSSR count). The molecule has 23 heavy (non-hydrogen) atoms. The topological polar surface area (TPSA) is 50.4 Å². The molecule has 0 aromatic heterocycles. The van der Waals surface area contributed by atoms with Crippen LogP contribution in [0, 0.1) is 6.92 Å². The van der Waals surface area contributed by atoms with Crippen LogP contribution in [0.5, 0.6) is 5.75 Å². The molecule has 0 bridgehead atoms. The van der Waals surface area contributed by atoms with E-state index >= 15 is 0 Å². The minimum atomic E-state index is -0.0114. The Morgan fingerprint density at radius 3 is 2.48 bits per heavy atom. The average molecular weight is 312 g/mol. The number of nitrogens with one attached hydrogen (secondary N) is 2. The van der Waals surface area contributed by atoms with Crippen molar-refractivity contribution in [3.8, 4) is 5.75 Å². The van der Waals surface area contributed by atoms with Gasteiger partial charge in [-0.25, -0.2) is 0 Å². The van der Waals surface area contributed by atoms with Crippen molar-refractivity contribution in [3.63, 3.8) is 0 Å². The number of carbonyl (C=O) groups excluding carboxylic acids is 1. The summed E-state index contributed by atoms with van der Waals surface area (Å²) >= 11 is 0. The highest BCUT2D eigenvalue weighted by atomic mass is 16.5. The van der Waals surface area contributed by atoms with Gasteiger partial charge < -0.3 is 15.4 Å². The molecule has 0 atom stereocenters. The standard InChI is InChI=1S/C19H24N2O2/c1-14(2)23-18-9-7-16(8-10-18)21-19(22)11-12-20-17-6-4-5-15(3)13-17/h4-10,13-14,20H,11-12H2,1-3H3,(H,21,22). The molecule has 0 aliphatic heterocycles. The Morgan fingerprint density at radius 1 is 1.09 bits per heavy atom. The van der Waals surface area contributed by atoms with E-state index in [9.17, 15) is 4.79 Å². The van der Waals surface area contributed by atoms with E-state index in [4.69, 9.17) is 4.74 Å². The van der Waals surface area contributed by atoms with Crippen LogP contribution in [0.3, 0.4) is 0 Å². The Kier molecular flexibility index (Phi) is 6.03. The Hall–Kier alpha value is -2.49. The first-order chi connectivity index (χ1) is 11.0. The zero-order valence-corrected chi connectivity index (χ0v) is 13.9. The molecule has 2 aromatic carbocycles. The number of aryl methyl sites for hydroxylation is 1. The maximum Gasteiger partial charge on any atom is 0.226 e. The smallest absolute Gasteiger partial charge is 0.226 e. The van der Waals surface area contributed by atoms with Crippen molar-refractivity contribution in [1.82, 2.24) is 0 Å². The summed E-state index contributed by atoms with van der Waals surface area (Å²) in [5.41, 5.74) is 3.01. The van der Waals surface area contributed by atoms with E-state index in [0.29, 0.717) is 13.0 Å². The molecule has 4 nitrogen and oxygen atoms in total. The summed E-state index contributed by atoms with van der Waals surface area (Å²) < 4.78 is 5.57. The van der Waals surface area contributed by atoms with Crippen molar-refractivity contribution < 1.29 is 9.53 Å². The van der Waals surface area contributed by atoms with Crippen LogP contribution in [-0.2, 0) is 4.79 Å². The van der Waals surface area contributed by atoms with Crippen LogP contribution in [0.15, 0.2) is 48.5 Å². The van der Waals surface area contributed by atoms with E-state index in [1.54, 1.807) is 0 Å². The van der Waals surface area contributed by atoms with Gasteiger partial charge in [0.1, 0.15) is 5.75 Å². The van der Waals surface area contributed by atoms with Crippen molar-refractivity contribution in [2.45, 2.75) is 33.3 Å². The molecule has 0 radical (unpaired) electrons. The molecule has 0 saturated carbocycles. The third kappa shape index (κ3) is 6.02. The summed E-state index contributed by atoms with van der Waals surface area (Å²) in [6.45, 7) is 6.61. The molecule has 0 unspecified atom stereocenters. The van der Waals surface area contributed by atoms with Gasteiger partial charge >= 0.3 is 0 Å². The monoisotopic (exact) mass is 312 g/mol. The van der Waals surface area contributed by atoms with E-state index in [2.05, 4.69) is 16.7 Å². The predicted molar refractivity (Wildman–Crippen MR) is 95.1 cm³/mol. The number of amides is 1. The number of carbonyl (C=O) groups is 1. The van der Waals surface area contributed by atoms with Crippen LogP contribution >= 0.6 is 0 Å². The van der Waals surface area contributed by atoms with Crippen molar-refractivity contribution in [2.75, 3.05) is 17.2 Å². The van der Waals surface area contributed by atoms with Gasteiger partial charge in [0.15, 0.2) is 0 Å². The van der Waals surface area contributed by atoms with E-state index < -0.39 is 0 Å². The number of rotatable bonds is 7. The van der Waals surface area contributed by atoms with Gasteiger partial charge in [-0.05, 0) is 62.7 Å². The average Bonchev–Trinajstić information content (AvgIpc) is 2.49. The van der Waals surface area contributed by atoms with Crippen LogP contribution < -0.4 is 15.4 Å². The molecule has 2 N–H and O–H groups in total. The minimum absolute atomic E-state index is 0.0114. The Labute approximate surface area is 137 Å². The number of hydrogen-bond donors (Lipinski definition) is 2. The molecule has 2 aromatic rings. The third-order valence-electron chi connectivity index (χ3n) is 3.21. The van der Waals surface area contributed by atoms with Gasteiger partial charge in [-0.15, -0.1) is 0 Å². The van der Waals surface area contributed by atoms with Gasteiger partial charge in [0.25, 0.3) is 0 Å². The summed E-state index contributed by atoms with van der Waals surface area (Å²) in [6.07, 6.45) is 0.557. The highest BCUT2D eigenvalue weighted by Gasteiger charge is 2.03. The second-order valence-corrected chi connectivity index (χ2v) is 5.79. The summed E-state index contributed by atoms with van der Waals surface area (Å²) in [7, 11) is 0. The largest absolute Gasteiger partial charge is 0.491 e. The van der Waals surface area contributed by atoms with E-state index in [1.807, 2.05) is 63.2 Å². The first kappa shape index (κ1) is 16.9. The lowest BCUT2D eigenvalue weighted by Gasteiger charge is -2.11. The second kappa shape index (κ2) is 8.22. The van der Waals surface area contributed by atoms with Gasteiger partial charge in [0.05, 0.1) is 6.10 Å². The summed E-state index contributed by atoms with van der Waals surface area (Å²) in [4.78, 5) is 11.9. The first-order valence-electron chi connectivity index (χ1n) is 7.90. The van der Waals surface area contributed by atoms with Crippen LogP contribution in [0.4, 0.5) is 11.4 Å². The Bertz CT molecular complexity index is 636. The molecule has 0 saturated heterocycles. The van der Waals surface area contributed by atoms with Crippen LogP contribution in [-0.4, -0.2) is 18.6 Å². The SMILES string of the molecule is Cc1cccc(NCCC(=O)Nc2ccc(OC(C)C)cc2)c1. The van der Waals surface area contributed by atoms with Crippen molar-refractivity contribution in [2.24, 2.45) is 0 Å². The van der Waals surface area contributed by atoms with Crippen LogP contribution in [0.2, 0.25) is 0 Å². The molecular formula is C19H24N2O2. The molecule has 0 aliphatic rings. The van der Waals surface area contributed by atoms with E-state index in [1.165, 1.54) is 5.56 Å².